The number of nitrogens with zero attached hydrogens (tertiary/aromatic N) is 2. The number of methoxy groups -OCH3 is 1. The summed E-state index contributed by atoms with van der Waals surface area (Å²) in [5, 5.41) is 3.49. The molecule has 6 nitrogen and oxygen atoms in total. The van der Waals surface area contributed by atoms with Crippen molar-refractivity contribution >= 4 is 5.82 Å². The van der Waals surface area contributed by atoms with Crippen molar-refractivity contribution in [1.29, 1.82) is 0 Å². The summed E-state index contributed by atoms with van der Waals surface area (Å²) in [5.74, 6) is -3.29. The fraction of sp³-hybridized carbons (Fsp3) is 0.290. The maximum Gasteiger partial charge on any atom is 0.351 e. The molecular weight excluding hydrogens is 500 g/mol. The van der Waals surface area contributed by atoms with Crippen molar-refractivity contribution in [2.75, 3.05) is 12.4 Å². The number of nitrogens with one attached hydrogen (secondary N) is 1. The van der Waals surface area contributed by atoms with Crippen molar-refractivity contribution in [3.05, 3.63) is 124 Å². The molecule has 1 saturated heterocycles. The molecule has 202 valence electrons. The summed E-state index contributed by atoms with van der Waals surface area (Å²) >= 11 is 0. The van der Waals surface area contributed by atoms with Gasteiger partial charge in [0.05, 0.1) is 19.1 Å². The highest BCUT2D eigenvalue weighted by molar-refractivity contribution is 5.58. The zero-order chi connectivity index (χ0) is 27.6. The summed E-state index contributed by atoms with van der Waals surface area (Å²) < 4.78 is 42.0. The molecule has 0 aliphatic carbocycles. The van der Waals surface area contributed by atoms with Gasteiger partial charge in [-0.3, -0.25) is 4.57 Å². The number of rotatable bonds is 8. The molecule has 8 heteroatoms. The van der Waals surface area contributed by atoms with E-state index >= 15 is 8.78 Å². The van der Waals surface area contributed by atoms with Crippen LogP contribution in [0.15, 0.2) is 102 Å². The summed E-state index contributed by atoms with van der Waals surface area (Å²) in [6, 6.07) is 28.8. The molecule has 4 aromatic rings. The number of ether oxygens (including phenoxy) is 2. The Morgan fingerprint density at radius 2 is 1.51 bits per heavy atom. The molecule has 39 heavy (non-hydrogen) atoms. The lowest BCUT2D eigenvalue weighted by molar-refractivity contribution is -0.125. The van der Waals surface area contributed by atoms with Gasteiger partial charge < -0.3 is 14.8 Å². The van der Waals surface area contributed by atoms with E-state index in [0.717, 1.165) is 21.3 Å². The lowest BCUT2D eigenvalue weighted by Gasteiger charge is -2.37. The molecule has 1 aliphatic rings. The minimum Gasteiger partial charge on any atom is -0.497 e. The molecule has 0 saturated carbocycles. The van der Waals surface area contributed by atoms with Gasteiger partial charge in [0.1, 0.15) is 17.1 Å². The van der Waals surface area contributed by atoms with Crippen LogP contribution in [0, 0.1) is 5.92 Å². The van der Waals surface area contributed by atoms with Crippen LogP contribution < -0.4 is 15.7 Å². The molecule has 5 rings (SSSR count). The minimum absolute atomic E-state index is 0.237. The molecule has 1 aliphatic heterocycles. The highest BCUT2D eigenvalue weighted by Crippen LogP contribution is 2.47. The second kappa shape index (κ2) is 10.6. The zero-order valence-electron chi connectivity index (χ0n) is 22.1. The van der Waals surface area contributed by atoms with Gasteiger partial charge in [0.25, 0.3) is 5.92 Å². The summed E-state index contributed by atoms with van der Waals surface area (Å²) in [6.07, 6.45) is -0.599. The number of hydrogen-bond acceptors (Lipinski definition) is 5. The predicted octanol–water partition coefficient (Wildman–Crippen LogP) is 6.23. The molecule has 0 spiro atoms. The molecule has 1 fully saturated rings. The van der Waals surface area contributed by atoms with Crippen LogP contribution in [-0.4, -0.2) is 28.7 Å². The van der Waals surface area contributed by atoms with Gasteiger partial charge in [-0.25, -0.2) is 13.6 Å². The molecule has 1 N–H and O–H groups in total. The largest absolute Gasteiger partial charge is 0.497 e. The maximum atomic E-state index is 15.1. The molecular formula is C31H31F2N3O3. The van der Waals surface area contributed by atoms with Crippen LogP contribution in [0.1, 0.15) is 43.2 Å². The Morgan fingerprint density at radius 3 is 2.00 bits per heavy atom. The number of benzene rings is 3. The van der Waals surface area contributed by atoms with Gasteiger partial charge in [-0.2, -0.15) is 4.98 Å². The van der Waals surface area contributed by atoms with Crippen LogP contribution >= 0.6 is 0 Å². The smallest absolute Gasteiger partial charge is 0.351 e. The number of anilines is 1. The van der Waals surface area contributed by atoms with Crippen LogP contribution in [0.5, 0.6) is 5.75 Å². The van der Waals surface area contributed by atoms with E-state index in [0.29, 0.717) is 12.2 Å². The standard InChI is InChI=1S/C31H31F2N3O3/c1-4-26-21(2)31(32,33)28(39-26)36-20-19-27(34-29(36)37)35-30(22-11-7-5-8-12-22,23-13-9-6-10-14-23)24-15-17-25(38-3)18-16-24/h5-21,26,28H,4H2,1-3H3,(H,34,35,37)/t21-,26-,28-/m1/s1. The van der Waals surface area contributed by atoms with Crippen LogP contribution in [0.2, 0.25) is 0 Å². The fourth-order valence-electron chi connectivity index (χ4n) is 5.33. The first-order chi connectivity index (χ1) is 18.8. The van der Waals surface area contributed by atoms with E-state index in [1.54, 1.807) is 14.0 Å². The monoisotopic (exact) mass is 531 g/mol. The van der Waals surface area contributed by atoms with Crippen LogP contribution in [0.25, 0.3) is 0 Å². The summed E-state index contributed by atoms with van der Waals surface area (Å²) in [4.78, 5) is 17.4. The zero-order valence-corrected chi connectivity index (χ0v) is 22.1. The maximum absolute atomic E-state index is 15.1. The van der Waals surface area contributed by atoms with E-state index in [4.69, 9.17) is 9.47 Å². The topological polar surface area (TPSA) is 65.4 Å². The van der Waals surface area contributed by atoms with Crippen molar-refractivity contribution in [3.63, 3.8) is 0 Å². The summed E-state index contributed by atoms with van der Waals surface area (Å²) in [7, 11) is 1.61. The molecule has 2 heterocycles. The van der Waals surface area contributed by atoms with Crippen LogP contribution in [-0.2, 0) is 10.3 Å². The Hall–Kier alpha value is -4.04. The minimum atomic E-state index is -3.21. The molecule has 0 amide bonds. The average Bonchev–Trinajstić information content (AvgIpc) is 3.20. The molecule has 0 bridgehead atoms. The van der Waals surface area contributed by atoms with Gasteiger partial charge in [-0.05, 0) is 41.3 Å². The number of aromatic nitrogens is 2. The Labute approximate surface area is 226 Å². The Morgan fingerprint density at radius 1 is 0.949 bits per heavy atom. The van der Waals surface area contributed by atoms with Gasteiger partial charge in [-0.15, -0.1) is 0 Å². The van der Waals surface area contributed by atoms with E-state index < -0.39 is 35.4 Å². The van der Waals surface area contributed by atoms with E-state index in [2.05, 4.69) is 10.3 Å². The second-order valence-electron chi connectivity index (χ2n) is 9.74. The van der Waals surface area contributed by atoms with Gasteiger partial charge in [0.15, 0.2) is 0 Å². The van der Waals surface area contributed by atoms with Gasteiger partial charge in [-0.1, -0.05) is 86.6 Å². The van der Waals surface area contributed by atoms with Crippen molar-refractivity contribution in [2.24, 2.45) is 5.92 Å². The third kappa shape index (κ3) is 4.69. The van der Waals surface area contributed by atoms with Crippen LogP contribution in [0.3, 0.4) is 0 Å². The summed E-state index contributed by atoms with van der Waals surface area (Å²) in [6.45, 7) is 3.24. The fourth-order valence-corrected chi connectivity index (χ4v) is 5.33. The van der Waals surface area contributed by atoms with Crippen LogP contribution in [0.4, 0.5) is 14.6 Å². The molecule has 3 atom stereocenters. The van der Waals surface area contributed by atoms with E-state index in [1.807, 2.05) is 84.9 Å². The first-order valence-corrected chi connectivity index (χ1v) is 13.0. The quantitative estimate of drug-likeness (QED) is 0.273. The van der Waals surface area contributed by atoms with Crippen molar-refractivity contribution in [1.82, 2.24) is 9.55 Å². The summed E-state index contributed by atoms with van der Waals surface area (Å²) in [5.41, 5.74) is 0.890. The Kier molecular flexibility index (Phi) is 7.23. The van der Waals surface area contributed by atoms with E-state index in [1.165, 1.54) is 19.2 Å². The Balaban J connectivity index is 1.63. The highest BCUT2D eigenvalue weighted by atomic mass is 19.3. The van der Waals surface area contributed by atoms with Gasteiger partial charge in [0, 0.05) is 6.20 Å². The van der Waals surface area contributed by atoms with Gasteiger partial charge >= 0.3 is 5.69 Å². The predicted molar refractivity (Wildman–Crippen MR) is 146 cm³/mol. The normalized spacial score (nSPS) is 20.5. The average molecular weight is 532 g/mol. The number of alkyl halides is 2. The van der Waals surface area contributed by atoms with Crippen molar-refractivity contribution in [3.8, 4) is 5.75 Å². The van der Waals surface area contributed by atoms with E-state index in [-0.39, 0.29) is 5.82 Å². The lowest BCUT2D eigenvalue weighted by Crippen LogP contribution is -2.40. The molecule has 0 radical (unpaired) electrons. The highest BCUT2D eigenvalue weighted by Gasteiger charge is 2.57. The third-order valence-electron chi connectivity index (χ3n) is 7.53. The Bertz CT molecular complexity index is 1420. The van der Waals surface area contributed by atoms with Crippen molar-refractivity contribution in [2.45, 2.75) is 44.1 Å². The van der Waals surface area contributed by atoms with Crippen molar-refractivity contribution < 1.29 is 18.3 Å². The number of hydrogen-bond donors (Lipinski definition) is 1. The molecule has 1 aromatic heterocycles. The molecule has 0 unspecified atom stereocenters. The third-order valence-corrected chi connectivity index (χ3v) is 7.53. The number of halogens is 2. The first-order valence-electron chi connectivity index (χ1n) is 13.0. The second-order valence-corrected chi connectivity index (χ2v) is 9.74. The first kappa shape index (κ1) is 26.6. The van der Waals surface area contributed by atoms with Gasteiger partial charge in [0.2, 0.25) is 6.23 Å². The van der Waals surface area contributed by atoms with E-state index in [9.17, 15) is 4.79 Å². The molecule has 3 aromatic carbocycles. The SMILES string of the molecule is CC[C@H]1O[C@@H](n2ccc(NC(c3ccccc3)(c3ccccc3)c3ccc(OC)cc3)nc2=O)C(F)(F)[C@@H]1C. The lowest BCUT2D eigenvalue weighted by atomic mass is 9.77.